The van der Waals surface area contributed by atoms with Crippen LogP contribution in [0.15, 0.2) is 36.4 Å². The predicted molar refractivity (Wildman–Crippen MR) is 101 cm³/mol. The Hall–Kier alpha value is -2.33. The van der Waals surface area contributed by atoms with Gasteiger partial charge in [0.15, 0.2) is 0 Å². The first kappa shape index (κ1) is 17.5. The van der Waals surface area contributed by atoms with Crippen LogP contribution in [0.25, 0.3) is 0 Å². The summed E-state index contributed by atoms with van der Waals surface area (Å²) in [5, 5.41) is 3.32. The fourth-order valence-electron chi connectivity index (χ4n) is 3.49. The molecule has 1 aliphatic heterocycles. The van der Waals surface area contributed by atoms with Gasteiger partial charge in [0.25, 0.3) is 0 Å². The molecule has 0 bridgehead atoms. The number of carbonyl (C=O) groups is 2. The molecule has 130 valence electrons. The smallest absolute Gasteiger partial charge is 0.229 e. The Kier molecular flexibility index (Phi) is 4.82. The van der Waals surface area contributed by atoms with Crippen molar-refractivity contribution in [3.8, 4) is 0 Å². The van der Waals surface area contributed by atoms with Crippen LogP contribution in [0.4, 0.5) is 11.4 Å². The van der Waals surface area contributed by atoms with Gasteiger partial charge in [-0.2, -0.15) is 0 Å². The fraction of sp³-hybridized carbons (Fsp3) is 0.300. The first-order valence-corrected chi connectivity index (χ1v) is 8.68. The minimum Gasteiger partial charge on any atom is -0.324 e. The highest BCUT2D eigenvalue weighted by Gasteiger charge is 2.36. The van der Waals surface area contributed by atoms with Gasteiger partial charge in [-0.25, -0.2) is 0 Å². The number of halogens is 1. The predicted octanol–water partition coefficient (Wildman–Crippen LogP) is 4.26. The molecule has 0 spiro atoms. The molecule has 1 fully saturated rings. The van der Waals surface area contributed by atoms with Crippen molar-refractivity contribution < 1.29 is 9.59 Å². The molecule has 2 aromatic rings. The molecule has 1 unspecified atom stereocenters. The topological polar surface area (TPSA) is 49.4 Å². The Labute approximate surface area is 152 Å². The van der Waals surface area contributed by atoms with E-state index < -0.39 is 0 Å². The molecular formula is C20H21ClN2O2. The van der Waals surface area contributed by atoms with Gasteiger partial charge < -0.3 is 10.2 Å². The van der Waals surface area contributed by atoms with Gasteiger partial charge in [-0.1, -0.05) is 41.4 Å². The average molecular weight is 357 g/mol. The molecule has 0 aliphatic carbocycles. The number of hydrogen-bond acceptors (Lipinski definition) is 2. The van der Waals surface area contributed by atoms with Crippen LogP contribution >= 0.6 is 11.6 Å². The molecule has 25 heavy (non-hydrogen) atoms. The number of amides is 2. The number of para-hydroxylation sites is 1. The van der Waals surface area contributed by atoms with Gasteiger partial charge in [0.1, 0.15) is 0 Å². The number of nitrogens with one attached hydrogen (secondary N) is 1. The van der Waals surface area contributed by atoms with E-state index in [-0.39, 0.29) is 24.2 Å². The quantitative estimate of drug-likeness (QED) is 0.893. The first-order valence-electron chi connectivity index (χ1n) is 8.30. The van der Waals surface area contributed by atoms with Crippen LogP contribution in [0.2, 0.25) is 5.02 Å². The summed E-state index contributed by atoms with van der Waals surface area (Å²) in [6.07, 6.45) is 0.211. The van der Waals surface area contributed by atoms with Crippen molar-refractivity contribution in [1.29, 1.82) is 0 Å². The fourth-order valence-corrected chi connectivity index (χ4v) is 3.68. The summed E-state index contributed by atoms with van der Waals surface area (Å²) in [5.74, 6) is -0.579. The SMILES string of the molecule is Cc1cc(C)c(N2CC(C(=O)Nc3ccccc3Cl)CC2=O)c(C)c1. The zero-order chi connectivity index (χ0) is 18.1. The third-order valence-corrected chi connectivity index (χ3v) is 4.86. The zero-order valence-corrected chi connectivity index (χ0v) is 15.4. The summed E-state index contributed by atoms with van der Waals surface area (Å²) in [7, 11) is 0. The number of hydrogen-bond donors (Lipinski definition) is 1. The van der Waals surface area contributed by atoms with Crippen LogP contribution in [-0.4, -0.2) is 18.4 Å². The Bertz CT molecular complexity index is 824. The number of nitrogens with zero attached hydrogens (tertiary/aromatic N) is 1. The van der Waals surface area contributed by atoms with Crippen LogP contribution in [0.5, 0.6) is 0 Å². The van der Waals surface area contributed by atoms with E-state index in [0.717, 1.165) is 16.8 Å². The molecule has 5 heteroatoms. The number of anilines is 2. The molecule has 1 aliphatic rings. The highest BCUT2D eigenvalue weighted by Crippen LogP contribution is 2.32. The molecule has 0 aromatic heterocycles. The molecule has 1 heterocycles. The molecule has 2 amide bonds. The van der Waals surface area contributed by atoms with Crippen molar-refractivity contribution in [2.24, 2.45) is 5.92 Å². The Morgan fingerprint density at radius 2 is 1.80 bits per heavy atom. The molecule has 1 atom stereocenters. The third kappa shape index (κ3) is 3.54. The maximum atomic E-state index is 12.6. The van der Waals surface area contributed by atoms with Gasteiger partial charge in [0.2, 0.25) is 11.8 Å². The molecule has 0 saturated carbocycles. The van der Waals surface area contributed by atoms with Crippen LogP contribution < -0.4 is 10.2 Å². The van der Waals surface area contributed by atoms with E-state index >= 15 is 0 Å². The maximum Gasteiger partial charge on any atom is 0.229 e. The largest absolute Gasteiger partial charge is 0.324 e. The Morgan fingerprint density at radius 3 is 2.44 bits per heavy atom. The zero-order valence-electron chi connectivity index (χ0n) is 14.6. The lowest BCUT2D eigenvalue weighted by molar-refractivity contribution is -0.122. The van der Waals surface area contributed by atoms with E-state index in [0.29, 0.717) is 17.3 Å². The minimum absolute atomic E-state index is 0.0191. The van der Waals surface area contributed by atoms with Gasteiger partial charge in [-0.05, 0) is 44.0 Å². The Balaban J connectivity index is 1.79. The molecule has 2 aromatic carbocycles. The summed E-state index contributed by atoms with van der Waals surface area (Å²) in [6, 6.07) is 11.2. The second-order valence-electron chi connectivity index (χ2n) is 6.62. The van der Waals surface area contributed by atoms with Crippen molar-refractivity contribution in [1.82, 2.24) is 0 Å². The minimum atomic E-state index is -0.385. The molecular weight excluding hydrogens is 336 g/mol. The van der Waals surface area contributed by atoms with Gasteiger partial charge in [-0.15, -0.1) is 0 Å². The van der Waals surface area contributed by atoms with E-state index in [2.05, 4.69) is 17.4 Å². The van der Waals surface area contributed by atoms with Crippen molar-refractivity contribution >= 4 is 34.8 Å². The molecule has 0 radical (unpaired) electrons. The highest BCUT2D eigenvalue weighted by atomic mass is 35.5. The van der Waals surface area contributed by atoms with Crippen LogP contribution in [0.1, 0.15) is 23.1 Å². The normalized spacial score (nSPS) is 17.0. The van der Waals surface area contributed by atoms with E-state index in [1.165, 1.54) is 5.56 Å². The van der Waals surface area contributed by atoms with Gasteiger partial charge in [0.05, 0.1) is 16.6 Å². The maximum absolute atomic E-state index is 12.6. The molecule has 4 nitrogen and oxygen atoms in total. The second-order valence-corrected chi connectivity index (χ2v) is 7.03. The van der Waals surface area contributed by atoms with Gasteiger partial charge in [-0.3, -0.25) is 9.59 Å². The number of carbonyl (C=O) groups excluding carboxylic acids is 2. The van der Waals surface area contributed by atoms with Crippen LogP contribution in [-0.2, 0) is 9.59 Å². The molecule has 1 saturated heterocycles. The summed E-state index contributed by atoms with van der Waals surface area (Å²) >= 11 is 6.09. The standard InChI is InChI=1S/C20H21ClN2O2/c1-12-8-13(2)19(14(3)9-12)23-11-15(10-18(23)24)20(25)22-17-7-5-4-6-16(17)21/h4-9,15H,10-11H2,1-3H3,(H,22,25). The average Bonchev–Trinajstić information content (AvgIpc) is 2.90. The molecule has 3 rings (SSSR count). The lowest BCUT2D eigenvalue weighted by atomic mass is 10.0. The lowest BCUT2D eigenvalue weighted by Gasteiger charge is -2.22. The number of rotatable bonds is 3. The monoisotopic (exact) mass is 356 g/mol. The van der Waals surface area contributed by atoms with E-state index in [1.807, 2.05) is 32.9 Å². The van der Waals surface area contributed by atoms with Crippen molar-refractivity contribution in [2.45, 2.75) is 27.2 Å². The summed E-state index contributed by atoms with van der Waals surface area (Å²) < 4.78 is 0. The first-order chi connectivity index (χ1) is 11.9. The van der Waals surface area contributed by atoms with Gasteiger partial charge in [0, 0.05) is 18.7 Å². The Morgan fingerprint density at radius 1 is 1.16 bits per heavy atom. The van der Waals surface area contributed by atoms with Crippen LogP contribution in [0.3, 0.4) is 0 Å². The number of aryl methyl sites for hydroxylation is 3. The van der Waals surface area contributed by atoms with Crippen molar-refractivity contribution in [3.63, 3.8) is 0 Å². The van der Waals surface area contributed by atoms with Crippen molar-refractivity contribution in [3.05, 3.63) is 58.1 Å². The van der Waals surface area contributed by atoms with Gasteiger partial charge >= 0.3 is 0 Å². The highest BCUT2D eigenvalue weighted by molar-refractivity contribution is 6.33. The summed E-state index contributed by atoms with van der Waals surface area (Å²) in [5.41, 5.74) is 4.76. The van der Waals surface area contributed by atoms with Crippen LogP contribution in [0, 0.1) is 26.7 Å². The number of benzene rings is 2. The summed E-state index contributed by atoms with van der Waals surface area (Å²) in [4.78, 5) is 26.8. The second kappa shape index (κ2) is 6.89. The van der Waals surface area contributed by atoms with E-state index in [1.54, 1.807) is 17.0 Å². The van der Waals surface area contributed by atoms with E-state index in [9.17, 15) is 9.59 Å². The molecule has 1 N–H and O–H groups in total. The third-order valence-electron chi connectivity index (χ3n) is 4.53. The van der Waals surface area contributed by atoms with Crippen molar-refractivity contribution in [2.75, 3.05) is 16.8 Å². The van der Waals surface area contributed by atoms with E-state index in [4.69, 9.17) is 11.6 Å². The summed E-state index contributed by atoms with van der Waals surface area (Å²) in [6.45, 7) is 6.43. The lowest BCUT2D eigenvalue weighted by Crippen LogP contribution is -2.29.